The van der Waals surface area contributed by atoms with Gasteiger partial charge >= 0.3 is 0 Å². The molecule has 0 aliphatic carbocycles. The van der Waals surface area contributed by atoms with Gasteiger partial charge in [0.2, 0.25) is 10.0 Å². The van der Waals surface area contributed by atoms with E-state index in [1.165, 1.54) is 6.26 Å². The zero-order valence-corrected chi connectivity index (χ0v) is 21.6. The number of anilines is 1. The van der Waals surface area contributed by atoms with Crippen molar-refractivity contribution in [2.75, 3.05) is 17.7 Å². The summed E-state index contributed by atoms with van der Waals surface area (Å²) in [5, 5.41) is 0. The van der Waals surface area contributed by atoms with Crippen LogP contribution in [-0.4, -0.2) is 41.5 Å². The van der Waals surface area contributed by atoms with Crippen LogP contribution in [-0.2, 0) is 29.5 Å². The number of aromatic amines is 1. The van der Waals surface area contributed by atoms with Gasteiger partial charge < -0.3 is 9.88 Å². The average Bonchev–Trinajstić information content (AvgIpc) is 3.14. The first-order valence-corrected chi connectivity index (χ1v) is 12.9. The number of hydrogen-bond donors (Lipinski definition) is 1. The van der Waals surface area contributed by atoms with Gasteiger partial charge in [-0.25, -0.2) is 13.4 Å². The van der Waals surface area contributed by atoms with Crippen molar-refractivity contribution in [3.63, 3.8) is 0 Å². The molecule has 0 amide bonds. The normalized spacial score (nSPS) is 17.0. The summed E-state index contributed by atoms with van der Waals surface area (Å²) in [5.41, 5.74) is 4.11. The number of fused-ring (bicyclic) bond motifs is 1. The minimum atomic E-state index is -3.41. The summed E-state index contributed by atoms with van der Waals surface area (Å²) < 4.78 is 29.1. The van der Waals surface area contributed by atoms with Crippen molar-refractivity contribution < 1.29 is 8.42 Å². The van der Waals surface area contributed by atoms with E-state index in [9.17, 15) is 8.42 Å². The minimum Gasteiger partial charge on any atom is -0.364 e. The van der Waals surface area contributed by atoms with Crippen LogP contribution < -0.4 is 4.90 Å². The van der Waals surface area contributed by atoms with Crippen LogP contribution in [0, 0.1) is 0 Å². The molecule has 2 heterocycles. The molecule has 31 heavy (non-hydrogen) atoms. The van der Waals surface area contributed by atoms with Crippen molar-refractivity contribution in [3.05, 3.63) is 80.8 Å². The minimum absolute atomic E-state index is 0. The molecule has 2 aromatic carbocycles. The van der Waals surface area contributed by atoms with Crippen LogP contribution >= 0.6 is 44.3 Å². The van der Waals surface area contributed by atoms with Crippen LogP contribution in [0.15, 0.2) is 63.9 Å². The summed E-state index contributed by atoms with van der Waals surface area (Å²) in [6.07, 6.45) is 5.40. The molecular formula is C21H23Br2ClN4O2S. The summed E-state index contributed by atoms with van der Waals surface area (Å²) in [6.45, 7) is 1.55. The third kappa shape index (κ3) is 5.90. The van der Waals surface area contributed by atoms with Crippen LogP contribution in [0.5, 0.6) is 0 Å². The van der Waals surface area contributed by atoms with Crippen molar-refractivity contribution in [2.24, 2.45) is 0 Å². The number of hydrogen-bond acceptors (Lipinski definition) is 4. The van der Waals surface area contributed by atoms with E-state index in [1.807, 2.05) is 42.6 Å². The van der Waals surface area contributed by atoms with Crippen molar-refractivity contribution in [2.45, 2.75) is 25.6 Å². The Morgan fingerprint density at radius 1 is 1.13 bits per heavy atom. The second-order valence-electron chi connectivity index (χ2n) is 7.52. The monoisotopic (exact) mass is 588 g/mol. The number of sulfonamides is 1. The lowest BCUT2D eigenvalue weighted by molar-refractivity contribution is 0.320. The predicted octanol–water partition coefficient (Wildman–Crippen LogP) is 4.75. The molecule has 1 N–H and O–H groups in total. The van der Waals surface area contributed by atoms with Gasteiger partial charge in [0.25, 0.3) is 0 Å². The lowest BCUT2D eigenvalue weighted by Gasteiger charge is -2.31. The van der Waals surface area contributed by atoms with Crippen LogP contribution in [0.1, 0.15) is 16.8 Å². The molecular weight excluding hydrogens is 568 g/mol. The third-order valence-corrected chi connectivity index (χ3v) is 7.57. The lowest BCUT2D eigenvalue weighted by Crippen LogP contribution is -2.45. The second-order valence-corrected chi connectivity index (χ2v) is 11.3. The highest BCUT2D eigenvalue weighted by molar-refractivity contribution is 9.10. The van der Waals surface area contributed by atoms with Gasteiger partial charge in [-0.3, -0.25) is 0 Å². The quantitative estimate of drug-likeness (QED) is 0.466. The Morgan fingerprint density at radius 2 is 1.84 bits per heavy atom. The smallest absolute Gasteiger partial charge is 0.211 e. The molecule has 1 atom stereocenters. The fourth-order valence-corrected chi connectivity index (χ4v) is 5.63. The highest BCUT2D eigenvalue weighted by atomic mass is 79.9. The topological polar surface area (TPSA) is 69.3 Å². The predicted molar refractivity (Wildman–Crippen MR) is 133 cm³/mol. The van der Waals surface area contributed by atoms with Crippen LogP contribution in [0.25, 0.3) is 0 Å². The van der Waals surface area contributed by atoms with E-state index in [-0.39, 0.29) is 18.4 Å². The van der Waals surface area contributed by atoms with E-state index in [1.54, 1.807) is 10.6 Å². The first-order valence-electron chi connectivity index (χ1n) is 9.51. The first kappa shape index (κ1) is 24.3. The van der Waals surface area contributed by atoms with Gasteiger partial charge in [0, 0.05) is 40.0 Å². The summed E-state index contributed by atoms with van der Waals surface area (Å²) in [7, 11) is -3.41. The average molecular weight is 591 g/mol. The highest BCUT2D eigenvalue weighted by Gasteiger charge is 2.33. The zero-order valence-electron chi connectivity index (χ0n) is 16.8. The molecule has 10 heteroatoms. The van der Waals surface area contributed by atoms with Crippen molar-refractivity contribution >= 4 is 60.0 Å². The molecule has 3 aromatic rings. The number of nitrogens with zero attached hydrogens (tertiary/aromatic N) is 3. The largest absolute Gasteiger partial charge is 0.364 e. The fourth-order valence-electron chi connectivity index (χ4n) is 3.90. The molecule has 0 unspecified atom stereocenters. The van der Waals surface area contributed by atoms with Gasteiger partial charge in [-0.2, -0.15) is 4.31 Å². The summed E-state index contributed by atoms with van der Waals surface area (Å²) in [4.78, 5) is 9.53. The maximum absolute atomic E-state index is 12.8. The first-order chi connectivity index (χ1) is 14.3. The molecule has 0 saturated heterocycles. The Bertz CT molecular complexity index is 1120. The summed E-state index contributed by atoms with van der Waals surface area (Å²) >= 11 is 7.00. The fraction of sp³-hybridized carbons (Fsp3) is 0.286. The number of imidazole rings is 1. The second kappa shape index (κ2) is 10.0. The summed E-state index contributed by atoms with van der Waals surface area (Å²) in [5.74, 6) is 0. The van der Waals surface area contributed by atoms with E-state index in [4.69, 9.17) is 0 Å². The molecule has 166 valence electrons. The zero-order chi connectivity index (χ0) is 21.3. The molecule has 1 aliphatic rings. The van der Waals surface area contributed by atoms with Crippen LogP contribution in [0.4, 0.5) is 5.69 Å². The molecule has 0 spiro atoms. The third-order valence-electron chi connectivity index (χ3n) is 5.27. The Morgan fingerprint density at radius 3 is 2.48 bits per heavy atom. The Kier molecular flexibility index (Phi) is 7.86. The van der Waals surface area contributed by atoms with Gasteiger partial charge in [-0.05, 0) is 47.9 Å². The van der Waals surface area contributed by atoms with Crippen LogP contribution in [0.2, 0.25) is 0 Å². The molecule has 4 rings (SSSR count). The van der Waals surface area contributed by atoms with E-state index in [0.717, 1.165) is 31.5 Å². The maximum atomic E-state index is 12.8. The molecule has 1 aliphatic heterocycles. The van der Waals surface area contributed by atoms with E-state index in [0.29, 0.717) is 26.1 Å². The molecule has 6 nitrogen and oxygen atoms in total. The molecule has 0 bridgehead atoms. The van der Waals surface area contributed by atoms with Gasteiger partial charge in [-0.1, -0.05) is 44.0 Å². The van der Waals surface area contributed by atoms with Gasteiger partial charge in [0.15, 0.2) is 0 Å². The SMILES string of the molecule is CS(=O)(=O)N1Cc2cc(Br)ccc2N(Cc2cnc[nH]2)C[C@H]1Cc1ccc(Br)cc1.Cl. The molecule has 1 aromatic heterocycles. The Labute approximate surface area is 205 Å². The number of nitrogens with one attached hydrogen (secondary N) is 1. The molecule has 0 radical (unpaired) electrons. The Hall–Kier alpha value is -1.39. The number of rotatable bonds is 5. The number of halogens is 3. The van der Waals surface area contributed by atoms with Gasteiger partial charge in [0.1, 0.15) is 0 Å². The van der Waals surface area contributed by atoms with E-state index in [2.05, 4.69) is 52.8 Å². The van der Waals surface area contributed by atoms with E-state index < -0.39 is 10.0 Å². The lowest BCUT2D eigenvalue weighted by atomic mass is 10.1. The van der Waals surface area contributed by atoms with Gasteiger partial charge in [-0.15, -0.1) is 12.4 Å². The maximum Gasteiger partial charge on any atom is 0.211 e. The summed E-state index contributed by atoms with van der Waals surface area (Å²) in [6, 6.07) is 13.9. The number of aromatic nitrogens is 2. The molecule has 0 fully saturated rings. The van der Waals surface area contributed by atoms with Crippen LogP contribution in [0.3, 0.4) is 0 Å². The molecule has 0 saturated carbocycles. The van der Waals surface area contributed by atoms with E-state index >= 15 is 0 Å². The van der Waals surface area contributed by atoms with Crippen molar-refractivity contribution in [3.8, 4) is 0 Å². The highest BCUT2D eigenvalue weighted by Crippen LogP contribution is 2.33. The van der Waals surface area contributed by atoms with Crippen molar-refractivity contribution in [1.29, 1.82) is 0 Å². The Balaban J connectivity index is 0.00000272. The van der Waals surface area contributed by atoms with Crippen molar-refractivity contribution in [1.82, 2.24) is 14.3 Å². The number of benzene rings is 2. The van der Waals surface area contributed by atoms with Gasteiger partial charge in [0.05, 0.1) is 24.8 Å². The number of H-pyrrole nitrogens is 1. The standard InChI is InChI=1S/C21H22Br2N4O2S.ClH/c1-30(28,29)27-11-16-9-18(23)6-7-21(16)26(12-19-10-24-14-25-19)13-20(27)8-15-2-4-17(22)5-3-15;/h2-7,9-10,14,20H,8,11-13H2,1H3,(H,24,25);1H/t20-;/m1./s1.